The lowest BCUT2D eigenvalue weighted by Crippen LogP contribution is -2.68. The van der Waals surface area contributed by atoms with Crippen molar-refractivity contribution in [2.75, 3.05) is 0 Å². The van der Waals surface area contributed by atoms with E-state index in [9.17, 15) is 9.59 Å². The highest BCUT2D eigenvalue weighted by Gasteiger charge is 2.36. The molecule has 0 spiro atoms. The molecule has 0 bridgehead atoms. The first-order valence-electron chi connectivity index (χ1n) is 4.97. The second kappa shape index (κ2) is 4.37. The molecule has 2 amide bonds. The van der Waals surface area contributed by atoms with E-state index in [0.717, 1.165) is 0 Å². The Morgan fingerprint density at radius 3 is 3.06 bits per heavy atom. The van der Waals surface area contributed by atoms with Gasteiger partial charge in [0.05, 0.1) is 19.1 Å². The molecule has 1 aliphatic heterocycles. The summed E-state index contributed by atoms with van der Waals surface area (Å²) in [6.07, 6.45) is 0.193. The highest BCUT2D eigenvalue weighted by Crippen LogP contribution is 2.07. The summed E-state index contributed by atoms with van der Waals surface area (Å²) < 4.78 is 1.51. The van der Waals surface area contributed by atoms with E-state index in [-0.39, 0.29) is 18.5 Å². The lowest BCUT2D eigenvalue weighted by Gasteiger charge is -2.33. The average molecular weight is 240 g/mol. The maximum atomic E-state index is 10.9. The molecule has 2 rings (SSSR count). The molecule has 2 heterocycles. The zero-order valence-corrected chi connectivity index (χ0v) is 8.83. The first-order chi connectivity index (χ1) is 8.08. The van der Waals surface area contributed by atoms with Crippen molar-refractivity contribution in [1.82, 2.24) is 25.4 Å². The standard InChI is InChI=1S/C8H12N6O3/c9-6-4(13-7(6)15)2-14-5(11-3-12-14)1-10-8(16)17/h3-4,6,10H,1-2,9H2,(H,13,15)(H,16,17)/t4-,6+/m1/s1. The molecule has 9 nitrogen and oxygen atoms in total. The van der Waals surface area contributed by atoms with E-state index in [0.29, 0.717) is 12.4 Å². The number of nitrogens with zero attached hydrogens (tertiary/aromatic N) is 3. The molecule has 0 aliphatic carbocycles. The number of aromatic nitrogens is 3. The third kappa shape index (κ3) is 2.33. The predicted octanol–water partition coefficient (Wildman–Crippen LogP) is -2.13. The van der Waals surface area contributed by atoms with Crippen molar-refractivity contribution in [3.05, 3.63) is 12.2 Å². The summed E-state index contributed by atoms with van der Waals surface area (Å²) in [5.74, 6) is 0.279. The van der Waals surface area contributed by atoms with Crippen molar-refractivity contribution in [1.29, 1.82) is 0 Å². The van der Waals surface area contributed by atoms with Crippen LogP contribution in [0.1, 0.15) is 5.82 Å². The van der Waals surface area contributed by atoms with Crippen molar-refractivity contribution in [2.24, 2.45) is 5.73 Å². The lowest BCUT2D eigenvalue weighted by atomic mass is 10.0. The van der Waals surface area contributed by atoms with Gasteiger partial charge in [0.2, 0.25) is 5.91 Å². The minimum atomic E-state index is -1.13. The van der Waals surface area contributed by atoms with Gasteiger partial charge in [0.1, 0.15) is 18.2 Å². The number of hydrogen-bond acceptors (Lipinski definition) is 5. The average Bonchev–Trinajstić information content (AvgIpc) is 2.73. The molecule has 1 aliphatic rings. The molecule has 0 radical (unpaired) electrons. The maximum absolute atomic E-state index is 10.9. The Labute approximate surface area is 96.0 Å². The predicted molar refractivity (Wildman–Crippen MR) is 54.8 cm³/mol. The van der Waals surface area contributed by atoms with Gasteiger partial charge in [0.25, 0.3) is 0 Å². The summed E-state index contributed by atoms with van der Waals surface area (Å²) in [6, 6.07) is -0.729. The van der Waals surface area contributed by atoms with E-state index in [2.05, 4.69) is 20.7 Å². The normalized spacial score (nSPS) is 22.8. The van der Waals surface area contributed by atoms with Gasteiger partial charge in [-0.25, -0.2) is 14.5 Å². The van der Waals surface area contributed by atoms with Gasteiger partial charge in [-0.2, -0.15) is 5.10 Å². The first-order valence-corrected chi connectivity index (χ1v) is 4.97. The zero-order chi connectivity index (χ0) is 12.4. The fraction of sp³-hybridized carbons (Fsp3) is 0.500. The van der Waals surface area contributed by atoms with Crippen LogP contribution in [0.15, 0.2) is 6.33 Å². The van der Waals surface area contributed by atoms with Crippen LogP contribution in [0.25, 0.3) is 0 Å². The summed E-state index contributed by atoms with van der Waals surface area (Å²) in [7, 11) is 0. The molecule has 1 aromatic rings. The van der Waals surface area contributed by atoms with Crippen LogP contribution in [0.3, 0.4) is 0 Å². The molecule has 2 atom stereocenters. The minimum Gasteiger partial charge on any atom is -0.465 e. The highest BCUT2D eigenvalue weighted by atomic mass is 16.4. The quantitative estimate of drug-likeness (QED) is 0.444. The lowest BCUT2D eigenvalue weighted by molar-refractivity contribution is -0.130. The molecule has 1 aromatic heterocycles. The SMILES string of the molecule is N[C@@H]1C(=O)N[C@@H]1Cn1ncnc1CNC(=O)O. The third-order valence-corrected chi connectivity index (χ3v) is 2.53. The van der Waals surface area contributed by atoms with Crippen LogP contribution < -0.4 is 16.4 Å². The molecule has 17 heavy (non-hydrogen) atoms. The summed E-state index contributed by atoms with van der Waals surface area (Å²) in [5.41, 5.74) is 5.57. The Balaban J connectivity index is 1.95. The summed E-state index contributed by atoms with van der Waals surface area (Å²) >= 11 is 0. The Kier molecular flexibility index (Phi) is 2.91. The molecule has 5 N–H and O–H groups in total. The smallest absolute Gasteiger partial charge is 0.405 e. The topological polar surface area (TPSA) is 135 Å². The fourth-order valence-corrected chi connectivity index (χ4v) is 1.53. The number of nitrogens with one attached hydrogen (secondary N) is 2. The van der Waals surface area contributed by atoms with Crippen LogP contribution in [-0.2, 0) is 17.9 Å². The number of carbonyl (C=O) groups excluding carboxylic acids is 1. The molecule has 0 aromatic carbocycles. The van der Waals surface area contributed by atoms with Crippen molar-refractivity contribution in [3.63, 3.8) is 0 Å². The summed E-state index contributed by atoms with van der Waals surface area (Å²) in [4.78, 5) is 25.2. The number of nitrogens with two attached hydrogens (primary N) is 1. The Bertz CT molecular complexity index is 444. The maximum Gasteiger partial charge on any atom is 0.405 e. The van der Waals surface area contributed by atoms with Gasteiger partial charge in [-0.1, -0.05) is 0 Å². The third-order valence-electron chi connectivity index (χ3n) is 2.53. The number of rotatable bonds is 4. The number of carbonyl (C=O) groups is 2. The van der Waals surface area contributed by atoms with E-state index in [1.165, 1.54) is 11.0 Å². The molecular formula is C8H12N6O3. The molecule has 1 fully saturated rings. The van der Waals surface area contributed by atoms with Crippen LogP contribution in [-0.4, -0.2) is 44.0 Å². The van der Waals surface area contributed by atoms with E-state index in [4.69, 9.17) is 10.8 Å². The van der Waals surface area contributed by atoms with E-state index < -0.39 is 12.1 Å². The largest absolute Gasteiger partial charge is 0.465 e. The fourth-order valence-electron chi connectivity index (χ4n) is 1.53. The van der Waals surface area contributed by atoms with Crippen molar-refractivity contribution >= 4 is 12.0 Å². The highest BCUT2D eigenvalue weighted by molar-refractivity contribution is 5.88. The first kappa shape index (κ1) is 11.3. The second-order valence-corrected chi connectivity index (χ2v) is 3.66. The molecule has 1 saturated heterocycles. The van der Waals surface area contributed by atoms with Gasteiger partial charge in [0.15, 0.2) is 0 Å². The zero-order valence-electron chi connectivity index (χ0n) is 8.83. The Morgan fingerprint density at radius 1 is 1.71 bits per heavy atom. The van der Waals surface area contributed by atoms with Crippen LogP contribution in [0, 0.1) is 0 Å². The van der Waals surface area contributed by atoms with Crippen LogP contribution in [0.4, 0.5) is 4.79 Å². The van der Waals surface area contributed by atoms with Gasteiger partial charge in [-0.3, -0.25) is 4.79 Å². The van der Waals surface area contributed by atoms with Crippen LogP contribution >= 0.6 is 0 Å². The monoisotopic (exact) mass is 240 g/mol. The van der Waals surface area contributed by atoms with Crippen LogP contribution in [0.2, 0.25) is 0 Å². The van der Waals surface area contributed by atoms with Crippen molar-refractivity contribution < 1.29 is 14.7 Å². The second-order valence-electron chi connectivity index (χ2n) is 3.66. The number of β-lactam (4-membered cyclic amide) rings is 1. The van der Waals surface area contributed by atoms with Gasteiger partial charge < -0.3 is 21.5 Å². The number of hydrogen-bond donors (Lipinski definition) is 4. The molecule has 92 valence electrons. The van der Waals surface area contributed by atoms with Gasteiger partial charge in [-0.05, 0) is 0 Å². The Hall–Kier alpha value is -2.16. The number of carboxylic acid groups (broad SMARTS) is 1. The molecule has 9 heteroatoms. The van der Waals surface area contributed by atoms with Crippen molar-refractivity contribution in [3.8, 4) is 0 Å². The summed E-state index contributed by atoms with van der Waals surface area (Å²) in [6.45, 7) is 0.439. The van der Waals surface area contributed by atoms with Crippen molar-refractivity contribution in [2.45, 2.75) is 25.2 Å². The molecule has 0 saturated carbocycles. The number of amides is 2. The van der Waals surface area contributed by atoms with E-state index >= 15 is 0 Å². The molecular weight excluding hydrogens is 228 g/mol. The van der Waals surface area contributed by atoms with E-state index in [1.54, 1.807) is 0 Å². The molecule has 0 unspecified atom stereocenters. The van der Waals surface area contributed by atoms with Gasteiger partial charge in [-0.15, -0.1) is 0 Å². The van der Waals surface area contributed by atoms with Gasteiger partial charge >= 0.3 is 6.09 Å². The van der Waals surface area contributed by atoms with E-state index in [1.807, 2.05) is 0 Å². The minimum absolute atomic E-state index is 0.0608. The Morgan fingerprint density at radius 2 is 2.47 bits per heavy atom. The summed E-state index contributed by atoms with van der Waals surface area (Å²) in [5, 5.41) is 17.2. The van der Waals surface area contributed by atoms with Crippen LogP contribution in [0.5, 0.6) is 0 Å². The van der Waals surface area contributed by atoms with Gasteiger partial charge in [0, 0.05) is 0 Å².